The molecular formula is C22H25F3N2S. The third-order valence-electron chi connectivity index (χ3n) is 5.32. The Bertz CT molecular complexity index is 929. The fraction of sp³-hybridized carbons (Fsp3) is 0.364. The summed E-state index contributed by atoms with van der Waals surface area (Å²) in [4.78, 5) is 3.08. The average molecular weight is 407 g/mol. The van der Waals surface area contributed by atoms with Crippen LogP contribution in [0.1, 0.15) is 51.0 Å². The number of aromatic nitrogens is 1. The summed E-state index contributed by atoms with van der Waals surface area (Å²) in [5.74, 6) is -1.18. The maximum atomic E-state index is 14.1. The molecule has 1 aliphatic rings. The van der Waals surface area contributed by atoms with Crippen molar-refractivity contribution in [2.24, 2.45) is 5.14 Å². The smallest absolute Gasteiger partial charge is 0.150 e. The Morgan fingerprint density at radius 3 is 2.29 bits per heavy atom. The first-order valence-electron chi connectivity index (χ1n) is 9.56. The summed E-state index contributed by atoms with van der Waals surface area (Å²) in [5.41, 5.74) is 2.83. The van der Waals surface area contributed by atoms with Crippen LogP contribution >= 0.6 is 11.9 Å². The van der Waals surface area contributed by atoms with Crippen LogP contribution in [0.15, 0.2) is 36.4 Å². The molecule has 1 heterocycles. The van der Waals surface area contributed by atoms with Crippen LogP contribution in [0.4, 0.5) is 13.2 Å². The molecule has 1 fully saturated rings. The van der Waals surface area contributed by atoms with Gasteiger partial charge in [-0.1, -0.05) is 32.2 Å². The monoisotopic (exact) mass is 406 g/mol. The van der Waals surface area contributed by atoms with Gasteiger partial charge >= 0.3 is 0 Å². The average Bonchev–Trinajstić information content (AvgIpc) is 3.00. The van der Waals surface area contributed by atoms with Crippen LogP contribution < -0.4 is 5.14 Å². The Kier molecular flexibility index (Phi) is 6.73. The van der Waals surface area contributed by atoms with E-state index in [1.54, 1.807) is 12.1 Å². The Hall–Kier alpha value is -1.92. The minimum Gasteiger partial charge on any atom is -0.352 e. The first-order chi connectivity index (χ1) is 13.4. The van der Waals surface area contributed by atoms with E-state index in [9.17, 15) is 13.2 Å². The first-order valence-corrected chi connectivity index (χ1v) is 10.5. The number of aromatic amines is 1. The van der Waals surface area contributed by atoms with E-state index in [0.29, 0.717) is 22.1 Å². The highest BCUT2D eigenvalue weighted by Crippen LogP contribution is 2.45. The molecular weight excluding hydrogens is 381 g/mol. The normalized spacial score (nSPS) is 15.1. The van der Waals surface area contributed by atoms with Gasteiger partial charge in [-0.3, -0.25) is 5.14 Å². The predicted molar refractivity (Wildman–Crippen MR) is 112 cm³/mol. The lowest BCUT2D eigenvalue weighted by Gasteiger charge is -2.26. The van der Waals surface area contributed by atoms with E-state index in [2.05, 4.69) is 18.8 Å². The van der Waals surface area contributed by atoms with Crippen LogP contribution in [0.2, 0.25) is 0 Å². The highest BCUT2D eigenvalue weighted by atomic mass is 32.2. The van der Waals surface area contributed by atoms with Crippen LogP contribution in [0.3, 0.4) is 0 Å². The van der Waals surface area contributed by atoms with Crippen LogP contribution in [-0.4, -0.2) is 10.2 Å². The summed E-state index contributed by atoms with van der Waals surface area (Å²) >= 11 is 1.42. The summed E-state index contributed by atoms with van der Waals surface area (Å²) in [6.07, 6.45) is 4.32. The van der Waals surface area contributed by atoms with Gasteiger partial charge in [0.1, 0.15) is 17.5 Å². The number of rotatable bonds is 4. The van der Waals surface area contributed by atoms with Gasteiger partial charge in [-0.05, 0) is 66.6 Å². The Balaban J connectivity index is 0.000000330. The fourth-order valence-electron chi connectivity index (χ4n) is 3.30. The number of benzene rings is 2. The van der Waals surface area contributed by atoms with Gasteiger partial charge in [-0.15, -0.1) is 0 Å². The van der Waals surface area contributed by atoms with Crippen molar-refractivity contribution in [3.63, 3.8) is 0 Å². The van der Waals surface area contributed by atoms with E-state index in [-0.39, 0.29) is 5.82 Å². The molecule has 150 valence electrons. The molecule has 28 heavy (non-hydrogen) atoms. The molecule has 2 nitrogen and oxygen atoms in total. The van der Waals surface area contributed by atoms with Crippen molar-refractivity contribution in [3.8, 4) is 11.3 Å². The zero-order chi connectivity index (χ0) is 20.3. The molecule has 2 aromatic carbocycles. The van der Waals surface area contributed by atoms with Crippen LogP contribution in [0, 0.1) is 17.5 Å². The molecule has 4 rings (SSSR count). The zero-order valence-corrected chi connectivity index (χ0v) is 16.9. The number of hydrogen-bond donors (Lipinski definition) is 2. The number of halogens is 3. The Morgan fingerprint density at radius 1 is 1.11 bits per heavy atom. The van der Waals surface area contributed by atoms with Crippen LogP contribution in [0.25, 0.3) is 22.2 Å². The molecule has 0 aliphatic heterocycles. The van der Waals surface area contributed by atoms with Crippen molar-refractivity contribution in [2.75, 3.05) is 0 Å². The predicted octanol–water partition coefficient (Wildman–Crippen LogP) is 6.91. The second-order valence-corrected chi connectivity index (χ2v) is 8.29. The molecule has 3 N–H and O–H groups in total. The van der Waals surface area contributed by atoms with Gasteiger partial charge < -0.3 is 4.98 Å². The molecule has 6 heteroatoms. The second kappa shape index (κ2) is 9.05. The van der Waals surface area contributed by atoms with Gasteiger partial charge in [0.15, 0.2) is 0 Å². The number of fused-ring (bicyclic) bond motifs is 1. The third-order valence-corrected chi connectivity index (χ3v) is 6.12. The van der Waals surface area contributed by atoms with E-state index in [1.807, 2.05) is 0 Å². The van der Waals surface area contributed by atoms with Crippen molar-refractivity contribution >= 4 is 22.9 Å². The minimum atomic E-state index is -0.594. The molecule has 1 aliphatic carbocycles. The lowest BCUT2D eigenvalue weighted by atomic mass is 9.78. The zero-order valence-electron chi connectivity index (χ0n) is 16.1. The van der Waals surface area contributed by atoms with E-state index in [1.165, 1.54) is 36.6 Å². The first kappa shape index (κ1) is 20.8. The number of nitrogens with one attached hydrogen (secondary N) is 1. The van der Waals surface area contributed by atoms with Crippen molar-refractivity contribution in [3.05, 3.63) is 59.4 Å². The highest BCUT2D eigenvalue weighted by molar-refractivity contribution is 7.97. The summed E-state index contributed by atoms with van der Waals surface area (Å²) in [6.45, 7) is 4.25. The molecule has 0 saturated heterocycles. The van der Waals surface area contributed by atoms with Crippen molar-refractivity contribution in [1.82, 2.24) is 4.98 Å². The quantitative estimate of drug-likeness (QED) is 0.462. The van der Waals surface area contributed by atoms with E-state index < -0.39 is 11.6 Å². The summed E-state index contributed by atoms with van der Waals surface area (Å²) in [5, 5.41) is 6.43. The molecule has 1 aromatic heterocycles. The standard InChI is InChI=1S/C18H14F3N.C4H11NS/c19-12-6-4-11(5-7-12)17-16(10-2-1-3-10)14-8-13(20)9-15(21)18(14)22-17;1-3-4(2)6-5/h4-10,22H,1-3H2;4H,3,5H2,1-2H3. The number of nitrogens with two attached hydrogens (primary N) is 1. The van der Waals surface area contributed by atoms with Gasteiger partial charge in [0, 0.05) is 16.7 Å². The second-order valence-electron chi connectivity index (χ2n) is 7.21. The lowest BCUT2D eigenvalue weighted by molar-refractivity contribution is 0.423. The fourth-order valence-corrected chi connectivity index (χ4v) is 3.49. The van der Waals surface area contributed by atoms with Gasteiger partial charge in [0.05, 0.1) is 11.2 Å². The molecule has 0 spiro atoms. The van der Waals surface area contributed by atoms with Gasteiger partial charge in [0.25, 0.3) is 0 Å². The molecule has 1 atom stereocenters. The van der Waals surface area contributed by atoms with Gasteiger partial charge in [-0.25, -0.2) is 13.2 Å². The van der Waals surface area contributed by atoms with Crippen LogP contribution in [0.5, 0.6) is 0 Å². The van der Waals surface area contributed by atoms with Crippen LogP contribution in [-0.2, 0) is 0 Å². The molecule has 1 saturated carbocycles. The maximum Gasteiger partial charge on any atom is 0.150 e. The van der Waals surface area contributed by atoms with Gasteiger partial charge in [0.2, 0.25) is 0 Å². The van der Waals surface area contributed by atoms with Crippen molar-refractivity contribution in [2.45, 2.75) is 50.7 Å². The summed E-state index contributed by atoms with van der Waals surface area (Å²) in [7, 11) is 0. The van der Waals surface area contributed by atoms with E-state index in [4.69, 9.17) is 5.14 Å². The SMILES string of the molecule is CCC(C)SN.Fc1ccc(-c2[nH]c3c(F)cc(F)cc3c2C2CCC2)cc1. The third kappa shape index (κ3) is 4.39. The highest BCUT2D eigenvalue weighted by Gasteiger charge is 2.27. The molecule has 0 bridgehead atoms. The molecule has 0 radical (unpaired) electrons. The van der Waals surface area contributed by atoms with Gasteiger partial charge in [-0.2, -0.15) is 0 Å². The summed E-state index contributed by atoms with van der Waals surface area (Å²) < 4.78 is 40.8. The number of H-pyrrole nitrogens is 1. The van der Waals surface area contributed by atoms with Crippen molar-refractivity contribution < 1.29 is 13.2 Å². The molecule has 0 amide bonds. The largest absolute Gasteiger partial charge is 0.352 e. The molecule has 3 aromatic rings. The lowest BCUT2D eigenvalue weighted by Crippen LogP contribution is -2.09. The summed E-state index contributed by atoms with van der Waals surface area (Å²) in [6, 6.07) is 8.35. The van der Waals surface area contributed by atoms with Crippen molar-refractivity contribution in [1.29, 1.82) is 0 Å². The van der Waals surface area contributed by atoms with E-state index in [0.717, 1.165) is 42.1 Å². The Labute approximate surface area is 167 Å². The number of hydrogen-bond acceptors (Lipinski definition) is 2. The Morgan fingerprint density at radius 2 is 1.79 bits per heavy atom. The van der Waals surface area contributed by atoms with E-state index >= 15 is 0 Å². The minimum absolute atomic E-state index is 0.301. The molecule has 1 unspecified atom stereocenters. The topological polar surface area (TPSA) is 41.8 Å². The maximum absolute atomic E-state index is 14.1.